The maximum absolute atomic E-state index is 13.1. The predicted molar refractivity (Wildman–Crippen MR) is 341 cm³/mol. The molecule has 16 heteroatoms. The van der Waals surface area contributed by atoms with Crippen molar-refractivity contribution < 1.29 is 76.2 Å². The zero-order chi connectivity index (χ0) is 63.1. The molecule has 0 radical (unpaired) electrons. The molecular formula is C76H82O16. The maximum atomic E-state index is 13.1. The number of hydrogen-bond donors (Lipinski definition) is 1. The van der Waals surface area contributed by atoms with Gasteiger partial charge in [0.2, 0.25) is 0 Å². The van der Waals surface area contributed by atoms with Gasteiger partial charge in [-0.1, -0.05) is 243 Å². The van der Waals surface area contributed by atoms with Crippen LogP contribution in [0, 0.1) is 0 Å². The van der Waals surface area contributed by atoms with E-state index in [9.17, 15) is 9.90 Å². The molecule has 0 aromatic heterocycles. The highest BCUT2D eigenvalue weighted by atomic mass is 16.8. The van der Waals surface area contributed by atoms with Crippen molar-refractivity contribution in [2.75, 3.05) is 13.2 Å². The molecule has 3 saturated heterocycles. The lowest BCUT2D eigenvalue weighted by Crippen LogP contribution is -2.68. The first-order valence-corrected chi connectivity index (χ1v) is 31.6. The highest BCUT2D eigenvalue weighted by Gasteiger charge is 2.57. The third-order valence-corrected chi connectivity index (χ3v) is 16.3. The van der Waals surface area contributed by atoms with Gasteiger partial charge in [0, 0.05) is 6.92 Å². The molecule has 3 fully saturated rings. The van der Waals surface area contributed by atoms with Crippen LogP contribution >= 0.6 is 0 Å². The van der Waals surface area contributed by atoms with E-state index in [0.29, 0.717) is 0 Å². The molecule has 0 spiro atoms. The van der Waals surface area contributed by atoms with Crippen molar-refractivity contribution in [1.29, 1.82) is 0 Å². The monoisotopic (exact) mass is 1250 g/mol. The summed E-state index contributed by atoms with van der Waals surface area (Å²) in [5.41, 5.74) is 7.14. The van der Waals surface area contributed by atoms with Crippen molar-refractivity contribution in [1.82, 2.24) is 0 Å². The summed E-state index contributed by atoms with van der Waals surface area (Å²) in [7, 11) is 0. The number of hydrogen-bond acceptors (Lipinski definition) is 16. The molecule has 3 aliphatic heterocycles. The molecule has 0 aliphatic carbocycles. The summed E-state index contributed by atoms with van der Waals surface area (Å²) in [6.45, 7) is 4.24. The van der Waals surface area contributed by atoms with E-state index in [1.807, 2.05) is 250 Å². The van der Waals surface area contributed by atoms with Crippen molar-refractivity contribution in [3.8, 4) is 0 Å². The van der Waals surface area contributed by atoms with Crippen LogP contribution in [0.3, 0.4) is 0 Å². The molecule has 3 aliphatic rings. The van der Waals surface area contributed by atoms with Gasteiger partial charge in [-0.2, -0.15) is 0 Å². The molecule has 3 heterocycles. The number of benzene rings is 8. The number of aliphatic hydroxyl groups is 1. The molecule has 15 atom stereocenters. The van der Waals surface area contributed by atoms with Gasteiger partial charge in [-0.05, 0) is 51.4 Å². The highest BCUT2D eigenvalue weighted by Crippen LogP contribution is 2.39. The Kier molecular flexibility index (Phi) is 24.8. The summed E-state index contributed by atoms with van der Waals surface area (Å²) in [6.07, 6.45) is -16.1. The minimum absolute atomic E-state index is 0.0395. The van der Waals surface area contributed by atoms with Gasteiger partial charge in [0.05, 0.1) is 72.2 Å². The fraction of sp³-hybridized carbons (Fsp3) is 0.355. The van der Waals surface area contributed by atoms with Crippen molar-refractivity contribution in [3.05, 3.63) is 287 Å². The van der Waals surface area contributed by atoms with E-state index in [1.165, 1.54) is 6.92 Å². The van der Waals surface area contributed by atoms with Crippen LogP contribution < -0.4 is 0 Å². The molecule has 0 amide bonds. The predicted octanol–water partition coefficient (Wildman–Crippen LogP) is 11.8. The first-order chi connectivity index (χ1) is 45.3. The van der Waals surface area contributed by atoms with Crippen LogP contribution in [0.25, 0.3) is 0 Å². The summed E-state index contributed by atoms with van der Waals surface area (Å²) in [6, 6.07) is 78.3. The summed E-state index contributed by atoms with van der Waals surface area (Å²) in [5.74, 6) is -0.514. The van der Waals surface area contributed by atoms with E-state index >= 15 is 0 Å². The molecule has 0 bridgehead atoms. The lowest BCUT2D eigenvalue weighted by Gasteiger charge is -2.51. The van der Waals surface area contributed by atoms with E-state index < -0.39 is 98.1 Å². The number of esters is 1. The lowest BCUT2D eigenvalue weighted by molar-refractivity contribution is -0.391. The first-order valence-electron chi connectivity index (χ1n) is 31.6. The molecule has 8 aromatic carbocycles. The molecule has 11 rings (SSSR count). The van der Waals surface area contributed by atoms with Crippen LogP contribution in [0.5, 0.6) is 0 Å². The SMILES string of the molecule is CC(=O)O[C@@H]1[C@H](OCc2ccccc2)[C@@H](OCc2ccccc2)[C@@H](O[C@H]2[C@H](OCc3ccccc3)[C@@H](OCc3ccccc3)[C@@H](O[C@H]3[C@H](OCc4ccccc4)[C@@H](OCc4ccccc4)[C@H](O)O[C@@H]3COCc3ccccc3)O[C@@H]2COCc2ccccc2)O[C@@H]1C. The Morgan fingerprint density at radius 2 is 0.587 bits per heavy atom. The number of rotatable bonds is 31. The minimum atomic E-state index is -1.49. The van der Waals surface area contributed by atoms with Crippen LogP contribution in [-0.2, 0) is 124 Å². The maximum Gasteiger partial charge on any atom is 0.303 e. The number of aliphatic hydroxyl groups excluding tert-OH is 1. The Labute approximate surface area is 539 Å². The standard InChI is InChI=1S/C76H82O16/c1-53-65(88-54(2)77)68(81-45-57-31-15-5-16-32-57)72(85-49-61-39-23-9-24-40-61)75(87-53)91-67-64(52-80-44-56-29-13-4-14-30-56)90-76(73(86-50-62-41-25-10-26-42-62)70(67)83-47-59-35-19-7-20-36-59)92-66-63(51-79-43-55-27-11-3-12-28-55)89-74(78)71(84-48-60-37-21-8-22-38-60)69(66)82-46-58-33-17-6-18-34-58/h3-42,53,63-76,78H,43-52H2,1-2H3/t53-,63-,64-,65+,66-,67-,68+,69+,70+,71-,72-,73-,74-,75-,76-/m1/s1. The Balaban J connectivity index is 1.01. The minimum Gasteiger partial charge on any atom is -0.457 e. The van der Waals surface area contributed by atoms with Crippen molar-refractivity contribution >= 4 is 5.97 Å². The molecule has 1 N–H and O–H groups in total. The number of carbonyl (C=O) groups is 1. The van der Waals surface area contributed by atoms with Gasteiger partial charge in [0.15, 0.2) is 25.0 Å². The average Bonchev–Trinajstić information content (AvgIpc) is 0.855. The van der Waals surface area contributed by atoms with Crippen LogP contribution in [-0.4, -0.2) is 116 Å². The smallest absolute Gasteiger partial charge is 0.303 e. The summed E-state index contributed by atoms with van der Waals surface area (Å²) in [5, 5.41) is 12.2. The Hall–Kier alpha value is -7.33. The zero-order valence-electron chi connectivity index (χ0n) is 51.9. The number of carbonyl (C=O) groups excluding carboxylic acids is 1. The van der Waals surface area contributed by atoms with Crippen LogP contribution in [0.2, 0.25) is 0 Å². The van der Waals surface area contributed by atoms with Crippen LogP contribution in [0.1, 0.15) is 58.4 Å². The van der Waals surface area contributed by atoms with Gasteiger partial charge in [-0.15, -0.1) is 0 Å². The third kappa shape index (κ3) is 18.9. The second kappa shape index (κ2) is 34.5. The normalized spacial score (nSPS) is 26.4. The second-order valence-corrected chi connectivity index (χ2v) is 23.2. The molecule has 92 heavy (non-hydrogen) atoms. The van der Waals surface area contributed by atoms with Gasteiger partial charge in [-0.3, -0.25) is 4.79 Å². The summed E-state index contributed by atoms with van der Waals surface area (Å²) >= 11 is 0. The number of ether oxygens (including phenoxy) is 14. The Bertz CT molecular complexity index is 3340. The molecule has 0 unspecified atom stereocenters. The van der Waals surface area contributed by atoms with Gasteiger partial charge in [0.1, 0.15) is 61.0 Å². The quantitative estimate of drug-likeness (QED) is 0.0407. The molecule has 16 nitrogen and oxygen atoms in total. The van der Waals surface area contributed by atoms with E-state index in [0.717, 1.165) is 44.5 Å². The van der Waals surface area contributed by atoms with Gasteiger partial charge in [0.25, 0.3) is 0 Å². The van der Waals surface area contributed by atoms with Gasteiger partial charge in [-0.25, -0.2) is 0 Å². The van der Waals surface area contributed by atoms with E-state index in [1.54, 1.807) is 0 Å². The van der Waals surface area contributed by atoms with Crippen LogP contribution in [0.4, 0.5) is 0 Å². The fourth-order valence-corrected chi connectivity index (χ4v) is 11.7. The zero-order valence-corrected chi connectivity index (χ0v) is 51.9. The molecule has 482 valence electrons. The van der Waals surface area contributed by atoms with Crippen molar-refractivity contribution in [3.63, 3.8) is 0 Å². The molecule has 8 aromatic rings. The fourth-order valence-electron chi connectivity index (χ4n) is 11.7. The topological polar surface area (TPSA) is 167 Å². The highest BCUT2D eigenvalue weighted by molar-refractivity contribution is 5.66. The van der Waals surface area contributed by atoms with E-state index in [4.69, 9.17) is 66.3 Å². The van der Waals surface area contributed by atoms with E-state index in [2.05, 4.69) is 0 Å². The van der Waals surface area contributed by atoms with E-state index in [-0.39, 0.29) is 66.1 Å². The van der Waals surface area contributed by atoms with Crippen molar-refractivity contribution in [2.45, 2.75) is 159 Å². The second-order valence-electron chi connectivity index (χ2n) is 23.2. The third-order valence-electron chi connectivity index (χ3n) is 16.3. The Morgan fingerprint density at radius 3 is 0.913 bits per heavy atom. The summed E-state index contributed by atoms with van der Waals surface area (Å²) < 4.78 is 97.6. The van der Waals surface area contributed by atoms with Crippen molar-refractivity contribution in [2.24, 2.45) is 0 Å². The largest absolute Gasteiger partial charge is 0.457 e. The molecular weight excluding hydrogens is 1170 g/mol. The van der Waals surface area contributed by atoms with Gasteiger partial charge < -0.3 is 71.4 Å². The lowest BCUT2D eigenvalue weighted by atomic mass is 9.95. The summed E-state index contributed by atoms with van der Waals surface area (Å²) in [4.78, 5) is 13.1. The average molecular weight is 1250 g/mol. The van der Waals surface area contributed by atoms with Gasteiger partial charge >= 0.3 is 5.97 Å². The first kappa shape index (κ1) is 66.1. The molecule has 0 saturated carbocycles. The Morgan fingerprint density at radius 1 is 0.326 bits per heavy atom. The van der Waals surface area contributed by atoms with Crippen LogP contribution in [0.15, 0.2) is 243 Å².